The SMILES string of the molecule is CC1CN(C)CCN1C(=O)CC(N)CC(C)(C)C. The van der Waals surface area contributed by atoms with Crippen molar-refractivity contribution >= 4 is 5.91 Å². The maximum absolute atomic E-state index is 12.2. The predicted molar refractivity (Wildman–Crippen MR) is 75.3 cm³/mol. The lowest BCUT2D eigenvalue weighted by molar-refractivity contribution is -0.135. The first kappa shape index (κ1) is 15.4. The topological polar surface area (TPSA) is 49.6 Å². The number of amides is 1. The lowest BCUT2D eigenvalue weighted by atomic mass is 9.87. The largest absolute Gasteiger partial charge is 0.337 e. The van der Waals surface area contributed by atoms with Crippen LogP contribution in [0.5, 0.6) is 0 Å². The quantitative estimate of drug-likeness (QED) is 0.827. The first-order chi connectivity index (χ1) is 8.19. The number of rotatable bonds is 3. The molecule has 2 unspecified atom stereocenters. The molecular formula is C14H29N3O. The minimum absolute atomic E-state index is 0.0237. The van der Waals surface area contributed by atoms with E-state index in [4.69, 9.17) is 5.73 Å². The molecule has 106 valence electrons. The van der Waals surface area contributed by atoms with E-state index in [9.17, 15) is 4.79 Å². The summed E-state index contributed by atoms with van der Waals surface area (Å²) in [7, 11) is 2.10. The van der Waals surface area contributed by atoms with Gasteiger partial charge < -0.3 is 15.5 Å². The summed E-state index contributed by atoms with van der Waals surface area (Å²) in [5.74, 6) is 0.215. The molecule has 1 fully saturated rings. The second-order valence-electron chi connectivity index (χ2n) is 6.93. The van der Waals surface area contributed by atoms with E-state index in [1.807, 2.05) is 4.90 Å². The second kappa shape index (κ2) is 6.02. The monoisotopic (exact) mass is 255 g/mol. The van der Waals surface area contributed by atoms with Gasteiger partial charge in [-0.3, -0.25) is 4.79 Å². The molecule has 0 bridgehead atoms. The van der Waals surface area contributed by atoms with Crippen LogP contribution in [0.3, 0.4) is 0 Å². The molecule has 1 rings (SSSR count). The average Bonchev–Trinajstić information content (AvgIpc) is 2.13. The van der Waals surface area contributed by atoms with Gasteiger partial charge in [-0.2, -0.15) is 0 Å². The Hall–Kier alpha value is -0.610. The van der Waals surface area contributed by atoms with Crippen LogP contribution in [-0.4, -0.2) is 54.5 Å². The van der Waals surface area contributed by atoms with Crippen LogP contribution in [-0.2, 0) is 4.79 Å². The zero-order valence-electron chi connectivity index (χ0n) is 12.6. The third-order valence-electron chi connectivity index (χ3n) is 3.46. The Kier molecular flexibility index (Phi) is 5.17. The standard InChI is InChI=1S/C14H29N3O/c1-11-10-16(5)6-7-17(11)13(18)8-12(15)9-14(2,3)4/h11-12H,6-10,15H2,1-5H3. The Morgan fingerprint density at radius 1 is 1.39 bits per heavy atom. The summed E-state index contributed by atoms with van der Waals surface area (Å²) in [4.78, 5) is 16.5. The third kappa shape index (κ3) is 4.94. The van der Waals surface area contributed by atoms with Crippen LogP contribution in [0.4, 0.5) is 0 Å². The fraction of sp³-hybridized carbons (Fsp3) is 0.929. The zero-order valence-corrected chi connectivity index (χ0v) is 12.6. The van der Waals surface area contributed by atoms with E-state index in [0.29, 0.717) is 12.5 Å². The number of likely N-dealkylation sites (N-methyl/N-ethyl adjacent to an activating group) is 1. The Morgan fingerprint density at radius 2 is 2.00 bits per heavy atom. The molecule has 4 heteroatoms. The fourth-order valence-corrected chi connectivity index (χ4v) is 2.71. The van der Waals surface area contributed by atoms with Crippen LogP contribution in [0, 0.1) is 5.41 Å². The van der Waals surface area contributed by atoms with E-state index in [-0.39, 0.29) is 17.4 Å². The maximum Gasteiger partial charge on any atom is 0.224 e. The van der Waals surface area contributed by atoms with Crippen molar-refractivity contribution in [2.24, 2.45) is 11.1 Å². The van der Waals surface area contributed by atoms with Gasteiger partial charge in [0.15, 0.2) is 0 Å². The fourth-order valence-electron chi connectivity index (χ4n) is 2.71. The van der Waals surface area contributed by atoms with E-state index < -0.39 is 0 Å². The van der Waals surface area contributed by atoms with E-state index in [2.05, 4.69) is 39.6 Å². The predicted octanol–water partition coefficient (Wildman–Crippen LogP) is 1.30. The Bertz CT molecular complexity index is 285. The van der Waals surface area contributed by atoms with Crippen LogP contribution < -0.4 is 5.73 Å². The summed E-state index contributed by atoms with van der Waals surface area (Å²) in [6, 6.07) is 0.280. The maximum atomic E-state index is 12.2. The molecule has 1 saturated heterocycles. The average molecular weight is 255 g/mol. The van der Waals surface area contributed by atoms with Gasteiger partial charge in [-0.25, -0.2) is 0 Å². The van der Waals surface area contributed by atoms with Gasteiger partial charge in [-0.15, -0.1) is 0 Å². The van der Waals surface area contributed by atoms with Gasteiger partial charge >= 0.3 is 0 Å². The molecule has 1 aliphatic heterocycles. The number of nitrogens with two attached hydrogens (primary N) is 1. The number of hydrogen-bond acceptors (Lipinski definition) is 3. The summed E-state index contributed by atoms with van der Waals surface area (Å²) < 4.78 is 0. The minimum atomic E-state index is -0.0237. The van der Waals surface area contributed by atoms with Crippen molar-refractivity contribution in [1.82, 2.24) is 9.80 Å². The van der Waals surface area contributed by atoms with Gasteiger partial charge in [0.05, 0.1) is 0 Å². The Labute approximate surface area is 111 Å². The van der Waals surface area contributed by atoms with Crippen LogP contribution >= 0.6 is 0 Å². The van der Waals surface area contributed by atoms with Gasteiger partial charge in [-0.1, -0.05) is 20.8 Å². The van der Waals surface area contributed by atoms with Crippen LogP contribution in [0.15, 0.2) is 0 Å². The first-order valence-electron chi connectivity index (χ1n) is 6.92. The van der Waals surface area contributed by atoms with Gasteiger partial charge in [-0.05, 0) is 25.8 Å². The minimum Gasteiger partial charge on any atom is -0.337 e. The lowest BCUT2D eigenvalue weighted by Gasteiger charge is -2.39. The summed E-state index contributed by atoms with van der Waals surface area (Å²) >= 11 is 0. The lowest BCUT2D eigenvalue weighted by Crippen LogP contribution is -2.53. The molecule has 0 spiro atoms. The van der Waals surface area contributed by atoms with Gasteiger partial charge in [0.2, 0.25) is 5.91 Å². The third-order valence-corrected chi connectivity index (χ3v) is 3.46. The van der Waals surface area contributed by atoms with Crippen molar-refractivity contribution in [1.29, 1.82) is 0 Å². The normalized spacial score (nSPS) is 24.1. The van der Waals surface area contributed by atoms with Crippen LogP contribution in [0.25, 0.3) is 0 Å². The molecule has 0 aromatic rings. The second-order valence-corrected chi connectivity index (χ2v) is 6.93. The highest BCUT2D eigenvalue weighted by Gasteiger charge is 2.27. The number of carbonyl (C=O) groups excluding carboxylic acids is 1. The Morgan fingerprint density at radius 3 is 2.50 bits per heavy atom. The molecule has 1 aliphatic rings. The molecule has 1 amide bonds. The number of nitrogens with zero attached hydrogens (tertiary/aromatic N) is 2. The van der Waals surface area contributed by atoms with Crippen molar-refractivity contribution in [2.45, 2.75) is 52.6 Å². The van der Waals surface area contributed by atoms with Gasteiger partial charge in [0.1, 0.15) is 0 Å². The molecule has 0 saturated carbocycles. The molecule has 0 aromatic carbocycles. The van der Waals surface area contributed by atoms with E-state index in [1.54, 1.807) is 0 Å². The van der Waals surface area contributed by atoms with E-state index in [1.165, 1.54) is 0 Å². The van der Waals surface area contributed by atoms with Crippen molar-refractivity contribution < 1.29 is 4.79 Å². The molecule has 0 aliphatic carbocycles. The van der Waals surface area contributed by atoms with Crippen molar-refractivity contribution in [3.05, 3.63) is 0 Å². The van der Waals surface area contributed by atoms with Gasteiger partial charge in [0, 0.05) is 38.1 Å². The van der Waals surface area contributed by atoms with Crippen LogP contribution in [0.2, 0.25) is 0 Å². The summed E-state index contributed by atoms with van der Waals surface area (Å²) in [6.07, 6.45) is 1.37. The van der Waals surface area contributed by atoms with Crippen molar-refractivity contribution in [3.63, 3.8) is 0 Å². The highest BCUT2D eigenvalue weighted by molar-refractivity contribution is 5.77. The van der Waals surface area contributed by atoms with Crippen molar-refractivity contribution in [3.8, 4) is 0 Å². The van der Waals surface area contributed by atoms with E-state index >= 15 is 0 Å². The number of hydrogen-bond donors (Lipinski definition) is 1. The zero-order chi connectivity index (χ0) is 13.9. The molecule has 4 nitrogen and oxygen atoms in total. The molecular weight excluding hydrogens is 226 g/mol. The highest BCUT2D eigenvalue weighted by atomic mass is 16.2. The highest BCUT2D eigenvalue weighted by Crippen LogP contribution is 2.22. The van der Waals surface area contributed by atoms with Crippen LogP contribution in [0.1, 0.15) is 40.5 Å². The summed E-state index contributed by atoms with van der Waals surface area (Å²) in [5, 5.41) is 0. The first-order valence-corrected chi connectivity index (χ1v) is 6.92. The molecule has 2 N–H and O–H groups in total. The molecule has 0 aromatic heterocycles. The summed E-state index contributed by atoms with van der Waals surface area (Å²) in [6.45, 7) is 11.4. The van der Waals surface area contributed by atoms with E-state index in [0.717, 1.165) is 26.1 Å². The van der Waals surface area contributed by atoms with Crippen molar-refractivity contribution in [2.75, 3.05) is 26.7 Å². The molecule has 1 heterocycles. The molecule has 2 atom stereocenters. The summed E-state index contributed by atoms with van der Waals surface area (Å²) in [5.41, 5.74) is 6.27. The Balaban J connectivity index is 2.45. The number of piperazine rings is 1. The van der Waals surface area contributed by atoms with Gasteiger partial charge in [0.25, 0.3) is 0 Å². The smallest absolute Gasteiger partial charge is 0.224 e. The number of carbonyl (C=O) groups is 1. The molecule has 0 radical (unpaired) electrons. The molecule has 18 heavy (non-hydrogen) atoms.